The van der Waals surface area contributed by atoms with E-state index >= 15 is 0 Å². The monoisotopic (exact) mass is 573 g/mol. The second kappa shape index (κ2) is 10.9. The maximum Gasteiger partial charge on any atom is 0.416 e. The lowest BCUT2D eigenvalue weighted by Crippen LogP contribution is -2.57. The Morgan fingerprint density at radius 2 is 1.46 bits per heavy atom. The van der Waals surface area contributed by atoms with Crippen LogP contribution in [0, 0.1) is 0 Å². The molecule has 1 atom stereocenters. The third-order valence-electron chi connectivity index (χ3n) is 7.26. The first kappa shape index (κ1) is 28.3. The van der Waals surface area contributed by atoms with Gasteiger partial charge in [0.1, 0.15) is 0 Å². The van der Waals surface area contributed by atoms with Crippen molar-refractivity contribution in [3.8, 4) is 0 Å². The maximum absolute atomic E-state index is 13.5. The van der Waals surface area contributed by atoms with Gasteiger partial charge in [0.05, 0.1) is 23.6 Å². The second-order valence-corrected chi connectivity index (χ2v) is 10.0. The molecule has 0 bridgehead atoms. The van der Waals surface area contributed by atoms with Crippen LogP contribution in [0.3, 0.4) is 0 Å². The van der Waals surface area contributed by atoms with E-state index in [0.29, 0.717) is 12.1 Å². The zero-order valence-electron chi connectivity index (χ0n) is 21.6. The predicted molar refractivity (Wildman–Crippen MR) is 140 cm³/mol. The van der Waals surface area contributed by atoms with Crippen molar-refractivity contribution in [1.29, 1.82) is 0 Å². The van der Waals surface area contributed by atoms with E-state index in [0.717, 1.165) is 22.0 Å². The fourth-order valence-electron chi connectivity index (χ4n) is 5.21. The molecule has 1 N–H and O–H groups in total. The molecule has 1 aliphatic heterocycles. The Kier molecular flexibility index (Phi) is 7.54. The Morgan fingerprint density at radius 3 is 2.12 bits per heavy atom. The predicted octanol–water partition coefficient (Wildman–Crippen LogP) is 6.34. The number of rotatable bonds is 5. The number of aromatic nitrogens is 1. The normalized spacial score (nSPS) is 16.3. The van der Waals surface area contributed by atoms with Gasteiger partial charge >= 0.3 is 12.4 Å². The number of alkyl halides is 6. The molecule has 5 nitrogen and oxygen atoms in total. The van der Waals surface area contributed by atoms with Crippen LogP contribution < -0.4 is 0 Å². The Hall–Kier alpha value is -4.28. The molecule has 214 valence electrons. The number of carbonyl (C=O) groups excluding carboxylic acids is 2. The minimum atomic E-state index is -5.08. The number of H-pyrrole nitrogens is 1. The highest BCUT2D eigenvalue weighted by atomic mass is 19.4. The van der Waals surface area contributed by atoms with Gasteiger partial charge in [-0.2, -0.15) is 26.3 Å². The van der Waals surface area contributed by atoms with Crippen LogP contribution in [0.5, 0.6) is 0 Å². The lowest BCUT2D eigenvalue weighted by atomic mass is 9.98. The van der Waals surface area contributed by atoms with E-state index in [1.807, 2.05) is 24.3 Å². The first-order chi connectivity index (χ1) is 19.4. The second-order valence-electron chi connectivity index (χ2n) is 10.0. The third kappa shape index (κ3) is 6.23. The highest BCUT2D eigenvalue weighted by Gasteiger charge is 2.39. The van der Waals surface area contributed by atoms with Crippen molar-refractivity contribution in [3.05, 3.63) is 107 Å². The lowest BCUT2D eigenvalue weighted by Gasteiger charge is -2.42. The van der Waals surface area contributed by atoms with Gasteiger partial charge in [0, 0.05) is 42.3 Å². The Balaban J connectivity index is 1.43. The molecule has 41 heavy (non-hydrogen) atoms. The summed E-state index contributed by atoms with van der Waals surface area (Å²) in [5, 5.41) is 0.903. The summed E-state index contributed by atoms with van der Waals surface area (Å²) in [6.07, 6.45) is -8.04. The van der Waals surface area contributed by atoms with Gasteiger partial charge in [-0.1, -0.05) is 48.5 Å². The van der Waals surface area contributed by atoms with Crippen molar-refractivity contribution >= 4 is 22.7 Å². The molecule has 2 amide bonds. The van der Waals surface area contributed by atoms with Crippen LogP contribution in [0.25, 0.3) is 10.9 Å². The summed E-state index contributed by atoms with van der Waals surface area (Å²) < 4.78 is 80.8. The minimum Gasteiger partial charge on any atom is -0.361 e. The fourth-order valence-corrected chi connectivity index (χ4v) is 5.21. The SMILES string of the molecule is O=C(Cc1c[nH]c2ccccc12)N1CCN(C(=O)c2cc(C(F)(F)F)cc(C(F)(F)F)c2)[C@@H](Cc2ccccc2)C1. The number of aromatic amines is 1. The third-order valence-corrected chi connectivity index (χ3v) is 7.26. The molecule has 0 unspecified atom stereocenters. The summed E-state index contributed by atoms with van der Waals surface area (Å²) in [5.41, 5.74) is -1.32. The number of piperazine rings is 1. The van der Waals surface area contributed by atoms with Crippen LogP contribution in [0.2, 0.25) is 0 Å². The van der Waals surface area contributed by atoms with Gasteiger partial charge in [-0.15, -0.1) is 0 Å². The van der Waals surface area contributed by atoms with E-state index in [-0.39, 0.29) is 44.4 Å². The van der Waals surface area contributed by atoms with Crippen molar-refractivity contribution in [1.82, 2.24) is 14.8 Å². The molecule has 2 heterocycles. The van der Waals surface area contributed by atoms with Crippen LogP contribution in [0.15, 0.2) is 79.0 Å². The van der Waals surface area contributed by atoms with E-state index < -0.39 is 41.0 Å². The van der Waals surface area contributed by atoms with Crippen molar-refractivity contribution in [3.63, 3.8) is 0 Å². The first-order valence-electron chi connectivity index (χ1n) is 12.9. The molecule has 0 saturated carbocycles. The van der Waals surface area contributed by atoms with Crippen LogP contribution in [-0.2, 0) is 30.0 Å². The van der Waals surface area contributed by atoms with Gasteiger partial charge in [0.15, 0.2) is 0 Å². The number of carbonyl (C=O) groups is 2. The Labute approximate surface area is 231 Å². The average molecular weight is 574 g/mol. The topological polar surface area (TPSA) is 56.4 Å². The molecule has 0 aliphatic carbocycles. The summed E-state index contributed by atoms with van der Waals surface area (Å²) in [5.74, 6) is -1.15. The number of fused-ring (bicyclic) bond motifs is 1. The molecule has 4 aromatic rings. The molecule has 11 heteroatoms. The summed E-state index contributed by atoms with van der Waals surface area (Å²) in [4.78, 5) is 32.8. The van der Waals surface area contributed by atoms with E-state index in [2.05, 4.69) is 4.98 Å². The van der Waals surface area contributed by atoms with Crippen LogP contribution in [0.1, 0.15) is 32.6 Å². The minimum absolute atomic E-state index is 0.000447. The lowest BCUT2D eigenvalue weighted by molar-refractivity contribution is -0.143. The van der Waals surface area contributed by atoms with Gasteiger partial charge in [-0.25, -0.2) is 0 Å². The Morgan fingerprint density at radius 1 is 0.829 bits per heavy atom. The van der Waals surface area contributed by atoms with Crippen LogP contribution >= 0.6 is 0 Å². The number of benzene rings is 3. The van der Waals surface area contributed by atoms with E-state index in [1.54, 1.807) is 41.4 Å². The molecule has 1 saturated heterocycles. The van der Waals surface area contributed by atoms with Gasteiger partial charge in [0.25, 0.3) is 5.91 Å². The van der Waals surface area contributed by atoms with Crippen molar-refractivity contribution in [2.75, 3.05) is 19.6 Å². The highest BCUT2D eigenvalue weighted by Crippen LogP contribution is 2.37. The number of hydrogen-bond donors (Lipinski definition) is 1. The number of para-hydroxylation sites is 1. The van der Waals surface area contributed by atoms with Crippen LogP contribution in [0.4, 0.5) is 26.3 Å². The zero-order chi connectivity index (χ0) is 29.4. The van der Waals surface area contributed by atoms with Gasteiger partial charge in [-0.3, -0.25) is 9.59 Å². The van der Waals surface area contributed by atoms with Crippen molar-refractivity contribution in [2.45, 2.75) is 31.2 Å². The first-order valence-corrected chi connectivity index (χ1v) is 12.9. The molecule has 5 rings (SSSR count). The maximum atomic E-state index is 13.5. The van der Waals surface area contributed by atoms with E-state index in [4.69, 9.17) is 0 Å². The number of amides is 2. The van der Waals surface area contributed by atoms with Gasteiger partial charge in [0.2, 0.25) is 5.91 Å². The molecular weight excluding hydrogens is 548 g/mol. The number of nitrogens with one attached hydrogen (secondary N) is 1. The summed E-state index contributed by atoms with van der Waals surface area (Å²) >= 11 is 0. The van der Waals surface area contributed by atoms with Crippen LogP contribution in [-0.4, -0.2) is 52.3 Å². The van der Waals surface area contributed by atoms with Gasteiger partial charge in [-0.05, 0) is 41.8 Å². The molecule has 0 spiro atoms. The highest BCUT2D eigenvalue weighted by molar-refractivity contribution is 5.95. The van der Waals surface area contributed by atoms with E-state index in [1.165, 1.54) is 4.90 Å². The molecule has 0 radical (unpaired) electrons. The van der Waals surface area contributed by atoms with Crippen molar-refractivity contribution in [2.24, 2.45) is 0 Å². The molecule has 1 aliphatic rings. The summed E-state index contributed by atoms with van der Waals surface area (Å²) in [6.45, 7) is 0.115. The number of nitrogens with zero attached hydrogens (tertiary/aromatic N) is 2. The smallest absolute Gasteiger partial charge is 0.361 e. The fraction of sp³-hybridized carbons (Fsp3) is 0.267. The van der Waals surface area contributed by atoms with Gasteiger partial charge < -0.3 is 14.8 Å². The van der Waals surface area contributed by atoms with E-state index in [9.17, 15) is 35.9 Å². The number of halogens is 6. The average Bonchev–Trinajstić information content (AvgIpc) is 3.34. The number of hydrogen-bond acceptors (Lipinski definition) is 2. The summed E-state index contributed by atoms with van der Waals surface area (Å²) in [6, 6.07) is 16.7. The molecule has 1 aromatic heterocycles. The largest absolute Gasteiger partial charge is 0.416 e. The Bertz CT molecular complexity index is 1530. The quantitative estimate of drug-likeness (QED) is 0.283. The standard InChI is InChI=1S/C30H25F6N3O2/c31-29(32,33)22-13-20(14-23(16-22)30(34,35)36)28(41)39-11-10-38(18-24(39)12-19-6-2-1-3-7-19)27(40)15-21-17-37-26-9-5-4-8-25(21)26/h1-9,13-14,16-17,24,37H,10-12,15,18H2/t24-/m0/s1. The summed E-state index contributed by atoms with van der Waals surface area (Å²) in [7, 11) is 0. The molecular formula is C30H25F6N3O2. The van der Waals surface area contributed by atoms with Crippen molar-refractivity contribution < 1.29 is 35.9 Å². The zero-order valence-corrected chi connectivity index (χ0v) is 21.6. The molecule has 3 aromatic carbocycles. The molecule has 1 fully saturated rings.